The summed E-state index contributed by atoms with van der Waals surface area (Å²) in [6, 6.07) is 11.1. The van der Waals surface area contributed by atoms with Gasteiger partial charge >= 0.3 is 11.4 Å². The van der Waals surface area contributed by atoms with Gasteiger partial charge in [-0.05, 0) is 12.1 Å². The fourth-order valence-electron chi connectivity index (χ4n) is 1.24. The lowest BCUT2D eigenvalue weighted by atomic mass is 10.3. The molecule has 2 aromatic carbocycles. The maximum Gasteiger partial charge on any atom is 0.346 e. The van der Waals surface area contributed by atoms with Gasteiger partial charge in [0.2, 0.25) is 0 Å². The Morgan fingerprint density at radius 1 is 0.700 bits per heavy atom. The van der Waals surface area contributed by atoms with Crippen molar-refractivity contribution >= 4 is 11.4 Å². The first-order valence-electron chi connectivity index (χ1n) is 5.28. The quantitative estimate of drug-likeness (QED) is 0.493. The number of rotatable bonds is 2. The number of phenolic OH excluding ortho intramolecular Hbond substituents is 2. The van der Waals surface area contributed by atoms with E-state index in [1.807, 2.05) is 0 Å². The van der Waals surface area contributed by atoms with Gasteiger partial charge in [0, 0.05) is 12.1 Å². The molecule has 0 saturated carbocycles. The van der Waals surface area contributed by atoms with E-state index in [9.17, 15) is 20.2 Å². The van der Waals surface area contributed by atoms with Crippen molar-refractivity contribution < 1.29 is 20.1 Å². The molecule has 0 amide bonds. The van der Waals surface area contributed by atoms with Crippen LogP contribution in [0.4, 0.5) is 11.4 Å². The molecule has 0 atom stereocenters. The number of hydrogen-bond donors (Lipinski definition) is 2. The molecule has 0 heterocycles. The van der Waals surface area contributed by atoms with Gasteiger partial charge in [-0.2, -0.15) is 0 Å². The maximum absolute atomic E-state index is 10.2. The highest BCUT2D eigenvalue weighted by Crippen LogP contribution is 2.24. The smallest absolute Gasteiger partial charge is 0.346 e. The average Bonchev–Trinajstić information content (AvgIpc) is 2.43. The Kier molecular flexibility index (Phi) is 4.98. The van der Waals surface area contributed by atoms with E-state index in [1.54, 1.807) is 12.1 Å². The largest absolute Gasteiger partial charge is 0.504 e. The van der Waals surface area contributed by atoms with Gasteiger partial charge in [-0.15, -0.1) is 0 Å². The molecule has 0 fully saturated rings. The van der Waals surface area contributed by atoms with Gasteiger partial charge in [0.15, 0.2) is 11.5 Å². The predicted molar refractivity (Wildman–Crippen MR) is 69.5 cm³/mol. The molecule has 0 saturated heterocycles. The summed E-state index contributed by atoms with van der Waals surface area (Å²) in [4.78, 5) is 18.9. The summed E-state index contributed by atoms with van der Waals surface area (Å²) in [6.07, 6.45) is 0. The standard InChI is InChI=1S/C6H4N2O4.C6H6O2/c9-7(10)5-3-1-2-4-6(5)8(11)12;7-5-3-1-2-4-6(5)8/h1-4H;1-4,7-8H. The minimum absolute atomic E-state index is 0.0764. The Hall–Kier alpha value is -3.16. The van der Waals surface area contributed by atoms with Crippen LogP contribution in [-0.4, -0.2) is 20.1 Å². The molecule has 0 aliphatic carbocycles. The number of para-hydroxylation sites is 4. The summed E-state index contributed by atoms with van der Waals surface area (Å²) in [5.41, 5.74) is -0.968. The van der Waals surface area contributed by atoms with E-state index in [2.05, 4.69) is 0 Å². The molecule has 0 spiro atoms. The number of phenols is 2. The zero-order valence-electron chi connectivity index (χ0n) is 10.0. The normalized spacial score (nSPS) is 9.20. The molecule has 104 valence electrons. The Morgan fingerprint density at radius 2 is 1.00 bits per heavy atom. The van der Waals surface area contributed by atoms with Crippen LogP contribution >= 0.6 is 0 Å². The monoisotopic (exact) mass is 278 g/mol. The fourth-order valence-corrected chi connectivity index (χ4v) is 1.24. The van der Waals surface area contributed by atoms with E-state index in [0.717, 1.165) is 12.1 Å². The molecule has 0 radical (unpaired) electrons. The first kappa shape index (κ1) is 14.9. The first-order chi connectivity index (χ1) is 9.43. The van der Waals surface area contributed by atoms with Crippen molar-refractivity contribution in [3.05, 3.63) is 68.8 Å². The van der Waals surface area contributed by atoms with Crippen LogP contribution < -0.4 is 0 Å². The molecule has 0 aromatic heterocycles. The zero-order valence-corrected chi connectivity index (χ0v) is 10.0. The van der Waals surface area contributed by atoms with Crippen LogP contribution in [0.25, 0.3) is 0 Å². The molecular formula is C12H10N2O6. The van der Waals surface area contributed by atoms with Gasteiger partial charge in [-0.1, -0.05) is 24.3 Å². The zero-order chi connectivity index (χ0) is 15.1. The molecule has 8 heteroatoms. The Morgan fingerprint density at radius 3 is 1.25 bits per heavy atom. The van der Waals surface area contributed by atoms with Crippen LogP contribution in [0.15, 0.2) is 48.5 Å². The lowest BCUT2D eigenvalue weighted by molar-refractivity contribution is -0.422. The van der Waals surface area contributed by atoms with Crippen molar-refractivity contribution in [2.75, 3.05) is 0 Å². The Bertz CT molecular complexity index is 575. The van der Waals surface area contributed by atoms with Crippen LogP contribution in [-0.2, 0) is 0 Å². The summed E-state index contributed by atoms with van der Waals surface area (Å²) in [5.74, 6) is -0.153. The van der Waals surface area contributed by atoms with E-state index in [-0.39, 0.29) is 11.5 Å². The topological polar surface area (TPSA) is 127 Å². The number of aromatic hydroxyl groups is 2. The molecular weight excluding hydrogens is 268 g/mol. The molecule has 0 bridgehead atoms. The van der Waals surface area contributed by atoms with Crippen molar-refractivity contribution in [1.29, 1.82) is 0 Å². The highest BCUT2D eigenvalue weighted by Gasteiger charge is 2.21. The van der Waals surface area contributed by atoms with Crippen LogP contribution in [0.2, 0.25) is 0 Å². The van der Waals surface area contributed by atoms with E-state index >= 15 is 0 Å². The molecule has 2 N–H and O–H groups in total. The van der Waals surface area contributed by atoms with Gasteiger partial charge in [0.1, 0.15) is 0 Å². The summed E-state index contributed by atoms with van der Waals surface area (Å²) in [6.45, 7) is 0. The van der Waals surface area contributed by atoms with Crippen LogP contribution in [0.5, 0.6) is 11.5 Å². The predicted octanol–water partition coefficient (Wildman–Crippen LogP) is 2.60. The minimum Gasteiger partial charge on any atom is -0.504 e. The van der Waals surface area contributed by atoms with Crippen molar-refractivity contribution in [2.45, 2.75) is 0 Å². The molecule has 2 rings (SSSR count). The second-order valence-electron chi connectivity index (χ2n) is 3.49. The van der Waals surface area contributed by atoms with E-state index in [0.29, 0.717) is 0 Å². The number of nitro groups is 2. The molecule has 8 nitrogen and oxygen atoms in total. The molecule has 20 heavy (non-hydrogen) atoms. The third-order valence-electron chi connectivity index (χ3n) is 2.16. The van der Waals surface area contributed by atoms with Crippen molar-refractivity contribution in [1.82, 2.24) is 0 Å². The van der Waals surface area contributed by atoms with Gasteiger partial charge in [-0.25, -0.2) is 0 Å². The summed E-state index contributed by atoms with van der Waals surface area (Å²) in [5, 5.41) is 37.8. The fraction of sp³-hybridized carbons (Fsp3) is 0. The summed E-state index contributed by atoms with van der Waals surface area (Å²) >= 11 is 0. The first-order valence-corrected chi connectivity index (χ1v) is 5.28. The SMILES string of the molecule is O=[N+]([O-])c1ccccc1[N+](=O)[O-].Oc1ccccc1O. The third kappa shape index (κ3) is 3.95. The van der Waals surface area contributed by atoms with Gasteiger partial charge < -0.3 is 10.2 Å². The van der Waals surface area contributed by atoms with Crippen molar-refractivity contribution in [2.24, 2.45) is 0 Å². The maximum atomic E-state index is 10.2. The van der Waals surface area contributed by atoms with Crippen molar-refractivity contribution in [3.8, 4) is 11.5 Å². The van der Waals surface area contributed by atoms with E-state index in [4.69, 9.17) is 10.2 Å². The summed E-state index contributed by atoms with van der Waals surface area (Å²) in [7, 11) is 0. The van der Waals surface area contributed by atoms with E-state index < -0.39 is 21.2 Å². The van der Waals surface area contributed by atoms with E-state index in [1.165, 1.54) is 24.3 Å². The lowest BCUT2D eigenvalue weighted by Gasteiger charge is -1.91. The Balaban J connectivity index is 0.000000217. The van der Waals surface area contributed by atoms with Gasteiger partial charge in [0.25, 0.3) is 0 Å². The molecule has 0 aliphatic rings. The second-order valence-corrected chi connectivity index (χ2v) is 3.49. The molecule has 2 aromatic rings. The van der Waals surface area contributed by atoms with Gasteiger partial charge in [0.05, 0.1) is 9.85 Å². The minimum atomic E-state index is -0.780. The second kappa shape index (κ2) is 6.69. The highest BCUT2D eigenvalue weighted by atomic mass is 16.6. The number of nitrogens with zero attached hydrogens (tertiary/aromatic N) is 2. The number of nitro benzene ring substituents is 2. The average molecular weight is 278 g/mol. The number of hydrogen-bond acceptors (Lipinski definition) is 6. The third-order valence-corrected chi connectivity index (χ3v) is 2.16. The molecule has 0 unspecified atom stereocenters. The van der Waals surface area contributed by atoms with Crippen LogP contribution in [0.3, 0.4) is 0 Å². The Labute approximate surface area is 112 Å². The highest BCUT2D eigenvalue weighted by molar-refractivity contribution is 5.51. The van der Waals surface area contributed by atoms with Gasteiger partial charge in [-0.3, -0.25) is 20.2 Å². The van der Waals surface area contributed by atoms with Crippen molar-refractivity contribution in [3.63, 3.8) is 0 Å². The lowest BCUT2D eigenvalue weighted by Crippen LogP contribution is -1.95. The van der Waals surface area contributed by atoms with Crippen LogP contribution in [0.1, 0.15) is 0 Å². The van der Waals surface area contributed by atoms with Crippen LogP contribution in [0, 0.1) is 20.2 Å². The molecule has 0 aliphatic heterocycles. The summed E-state index contributed by atoms with van der Waals surface area (Å²) < 4.78 is 0. The number of benzene rings is 2.